The van der Waals surface area contributed by atoms with Crippen molar-refractivity contribution < 1.29 is 39.3 Å². The van der Waals surface area contributed by atoms with E-state index in [4.69, 9.17) is 16.6 Å². The summed E-state index contributed by atoms with van der Waals surface area (Å²) in [5.41, 5.74) is 11.6. The lowest BCUT2D eigenvalue weighted by molar-refractivity contribution is -0.143. The van der Waals surface area contributed by atoms with E-state index in [1.165, 1.54) is 19.4 Å². The number of aromatic nitrogens is 2. The molecule has 15 nitrogen and oxygen atoms in total. The minimum atomic E-state index is -1.50. The van der Waals surface area contributed by atoms with Crippen LogP contribution < -0.4 is 27.4 Å². The lowest BCUT2D eigenvalue weighted by Crippen LogP contribution is -2.58. The van der Waals surface area contributed by atoms with Crippen molar-refractivity contribution in [1.82, 2.24) is 25.9 Å². The fourth-order valence-corrected chi connectivity index (χ4v) is 3.14. The molecule has 3 amide bonds. The molecule has 0 radical (unpaired) electrons. The highest BCUT2D eigenvalue weighted by atomic mass is 16.4. The minimum Gasteiger partial charge on any atom is -0.481 e. The van der Waals surface area contributed by atoms with Gasteiger partial charge >= 0.3 is 11.9 Å². The molecule has 1 aromatic heterocycles. The number of carbonyl (C=O) groups excluding carboxylic acids is 3. The van der Waals surface area contributed by atoms with Crippen molar-refractivity contribution in [3.8, 4) is 0 Å². The number of rotatable bonds is 17. The number of nitrogens with one attached hydrogen (secondary N) is 4. The molecule has 0 bridgehead atoms. The second-order valence-corrected chi connectivity index (χ2v) is 8.29. The quantitative estimate of drug-likeness (QED) is 0.0960. The molecule has 15 heteroatoms. The standard InChI is InChI=1S/C21H35N7O8/c1-11(29)17(23)20(34)26-13(4-2-3-7-22)18(32)28-15(8-12-9-24-10-25-12)19(33)27-14(21(35)36)5-6-16(30)31/h9-11,13-15,17,29H,2-8,22-23H2,1H3,(H,24,25)(H,26,34)(H,27,33)(H,28,32)(H,30,31)(H,35,36). The first-order valence-electron chi connectivity index (χ1n) is 11.4. The van der Waals surface area contributed by atoms with E-state index in [1.54, 1.807) is 0 Å². The predicted molar refractivity (Wildman–Crippen MR) is 125 cm³/mol. The normalized spacial score (nSPS) is 15.1. The molecule has 0 aromatic carbocycles. The maximum atomic E-state index is 13.1. The first kappa shape index (κ1) is 30.5. The summed E-state index contributed by atoms with van der Waals surface area (Å²) in [7, 11) is 0. The molecule has 1 rings (SSSR count). The lowest BCUT2D eigenvalue weighted by atomic mass is 10.0. The van der Waals surface area contributed by atoms with E-state index in [-0.39, 0.29) is 19.3 Å². The van der Waals surface area contributed by atoms with Crippen molar-refractivity contribution in [3.63, 3.8) is 0 Å². The Morgan fingerprint density at radius 1 is 0.972 bits per heavy atom. The second-order valence-electron chi connectivity index (χ2n) is 8.29. The molecule has 1 aromatic rings. The average molecular weight is 514 g/mol. The number of aliphatic hydroxyl groups is 1. The number of nitrogens with two attached hydrogens (primary N) is 2. The summed E-state index contributed by atoms with van der Waals surface area (Å²) in [5.74, 6) is -5.05. The molecule has 36 heavy (non-hydrogen) atoms. The van der Waals surface area contributed by atoms with Crippen molar-refractivity contribution in [2.24, 2.45) is 11.5 Å². The van der Waals surface area contributed by atoms with Crippen molar-refractivity contribution in [2.75, 3.05) is 6.54 Å². The van der Waals surface area contributed by atoms with Crippen LogP contribution in [0.2, 0.25) is 0 Å². The van der Waals surface area contributed by atoms with Gasteiger partial charge in [-0.2, -0.15) is 0 Å². The van der Waals surface area contributed by atoms with Gasteiger partial charge < -0.3 is 47.7 Å². The number of carbonyl (C=O) groups is 5. The average Bonchev–Trinajstić information content (AvgIpc) is 3.32. The first-order chi connectivity index (χ1) is 17.0. The number of hydrogen-bond acceptors (Lipinski definition) is 9. The minimum absolute atomic E-state index is 0.0977. The Morgan fingerprint density at radius 3 is 2.11 bits per heavy atom. The van der Waals surface area contributed by atoms with Gasteiger partial charge in [0.1, 0.15) is 24.2 Å². The van der Waals surface area contributed by atoms with Crippen LogP contribution in [0.1, 0.15) is 44.7 Å². The van der Waals surface area contributed by atoms with E-state index in [9.17, 15) is 34.2 Å². The van der Waals surface area contributed by atoms with Crippen LogP contribution in [0.4, 0.5) is 0 Å². The lowest BCUT2D eigenvalue weighted by Gasteiger charge is -2.25. The zero-order chi connectivity index (χ0) is 27.3. The van der Waals surface area contributed by atoms with E-state index >= 15 is 0 Å². The maximum Gasteiger partial charge on any atom is 0.326 e. The van der Waals surface area contributed by atoms with E-state index in [0.29, 0.717) is 25.1 Å². The fraction of sp³-hybridized carbons (Fsp3) is 0.619. The number of nitrogens with zero attached hydrogens (tertiary/aromatic N) is 1. The van der Waals surface area contributed by atoms with Crippen molar-refractivity contribution >= 4 is 29.7 Å². The van der Waals surface area contributed by atoms with Crippen molar-refractivity contribution in [2.45, 2.75) is 75.7 Å². The Morgan fingerprint density at radius 2 is 1.58 bits per heavy atom. The number of H-pyrrole nitrogens is 1. The Kier molecular flexibility index (Phi) is 13.1. The SMILES string of the molecule is CC(O)C(N)C(=O)NC(CCCCN)C(=O)NC(Cc1cnc[nH]1)C(=O)NC(CCC(=O)O)C(=O)O. The molecule has 5 unspecified atom stereocenters. The number of amides is 3. The van der Waals surface area contributed by atoms with E-state index in [0.717, 1.165) is 0 Å². The Hall–Kier alpha value is -3.56. The number of carboxylic acids is 2. The first-order valence-corrected chi connectivity index (χ1v) is 11.4. The zero-order valence-electron chi connectivity index (χ0n) is 20.0. The van der Waals surface area contributed by atoms with Gasteiger partial charge in [-0.25, -0.2) is 9.78 Å². The van der Waals surface area contributed by atoms with E-state index < -0.39 is 66.4 Å². The third-order valence-corrected chi connectivity index (χ3v) is 5.28. The summed E-state index contributed by atoms with van der Waals surface area (Å²) in [6.45, 7) is 1.68. The summed E-state index contributed by atoms with van der Waals surface area (Å²) < 4.78 is 0. The largest absolute Gasteiger partial charge is 0.481 e. The molecule has 0 fully saturated rings. The maximum absolute atomic E-state index is 13.1. The molecule has 202 valence electrons. The third-order valence-electron chi connectivity index (χ3n) is 5.28. The number of aromatic amines is 1. The van der Waals surface area contributed by atoms with Gasteiger partial charge in [-0.15, -0.1) is 0 Å². The Labute approximate surface area is 207 Å². The van der Waals surface area contributed by atoms with Gasteiger partial charge in [-0.3, -0.25) is 19.2 Å². The molecule has 1 heterocycles. The molecule has 11 N–H and O–H groups in total. The molecule has 0 aliphatic rings. The number of hydrogen-bond donors (Lipinski definition) is 9. The number of aliphatic hydroxyl groups excluding tert-OH is 1. The second kappa shape index (κ2) is 15.4. The number of unbranched alkanes of at least 4 members (excludes halogenated alkanes) is 1. The van der Waals surface area contributed by atoms with Crippen molar-refractivity contribution in [1.29, 1.82) is 0 Å². The van der Waals surface area contributed by atoms with Gasteiger partial charge in [-0.05, 0) is 39.2 Å². The summed E-state index contributed by atoms with van der Waals surface area (Å²) in [5, 5.41) is 35.0. The monoisotopic (exact) mass is 513 g/mol. The number of aliphatic carboxylic acids is 2. The van der Waals surface area contributed by atoms with Gasteiger partial charge in [0.2, 0.25) is 17.7 Å². The highest BCUT2D eigenvalue weighted by Gasteiger charge is 2.31. The van der Waals surface area contributed by atoms with Gasteiger partial charge in [0.05, 0.1) is 12.4 Å². The third kappa shape index (κ3) is 10.8. The molecule has 0 saturated heterocycles. The van der Waals surface area contributed by atoms with Gasteiger partial charge in [0, 0.05) is 24.7 Å². The summed E-state index contributed by atoms with van der Waals surface area (Å²) in [4.78, 5) is 67.3. The van der Waals surface area contributed by atoms with Crippen LogP contribution in [-0.4, -0.2) is 91.8 Å². The summed E-state index contributed by atoms with van der Waals surface area (Å²) in [6.07, 6.45) is 1.82. The highest BCUT2D eigenvalue weighted by Crippen LogP contribution is 2.07. The summed E-state index contributed by atoms with van der Waals surface area (Å²) >= 11 is 0. The van der Waals surface area contributed by atoms with E-state index in [2.05, 4.69) is 25.9 Å². The van der Waals surface area contributed by atoms with Gasteiger partial charge in [-0.1, -0.05) is 0 Å². The number of carboxylic acid groups (broad SMARTS) is 2. The smallest absolute Gasteiger partial charge is 0.326 e. The predicted octanol–water partition coefficient (Wildman–Crippen LogP) is -2.81. The van der Waals surface area contributed by atoms with Crippen molar-refractivity contribution in [3.05, 3.63) is 18.2 Å². The summed E-state index contributed by atoms with van der Waals surface area (Å²) in [6, 6.07) is -5.19. The Bertz CT molecular complexity index is 878. The van der Waals surface area contributed by atoms with Crippen LogP contribution in [-0.2, 0) is 30.4 Å². The molecule has 0 saturated carbocycles. The topological polar surface area (TPSA) is 263 Å². The van der Waals surface area contributed by atoms with E-state index in [1.807, 2.05) is 0 Å². The molecular weight excluding hydrogens is 478 g/mol. The van der Waals surface area contributed by atoms with Gasteiger partial charge in [0.15, 0.2) is 0 Å². The molecular formula is C21H35N7O8. The van der Waals surface area contributed by atoms with Crippen LogP contribution in [0, 0.1) is 0 Å². The fourth-order valence-electron chi connectivity index (χ4n) is 3.14. The van der Waals surface area contributed by atoms with Crippen LogP contribution in [0.15, 0.2) is 12.5 Å². The molecule has 0 aliphatic carbocycles. The molecule has 0 spiro atoms. The van der Waals surface area contributed by atoms with Gasteiger partial charge in [0.25, 0.3) is 0 Å². The zero-order valence-corrected chi connectivity index (χ0v) is 20.0. The molecule has 0 aliphatic heterocycles. The Balaban J connectivity index is 3.06. The molecule has 5 atom stereocenters. The highest BCUT2D eigenvalue weighted by molar-refractivity contribution is 5.94. The van der Waals surface area contributed by atoms with Crippen LogP contribution in [0.5, 0.6) is 0 Å². The van der Waals surface area contributed by atoms with Crippen LogP contribution >= 0.6 is 0 Å². The van der Waals surface area contributed by atoms with Crippen LogP contribution in [0.3, 0.4) is 0 Å². The number of imidazole rings is 1. The van der Waals surface area contributed by atoms with Crippen LogP contribution in [0.25, 0.3) is 0 Å².